The summed E-state index contributed by atoms with van der Waals surface area (Å²) in [5.41, 5.74) is 2.66. The first kappa shape index (κ1) is 25.0. The number of nitrogens with zero attached hydrogens (tertiary/aromatic N) is 1. The zero-order valence-corrected chi connectivity index (χ0v) is 24.9. The molecule has 2 aromatic carbocycles. The van der Waals surface area contributed by atoms with Crippen molar-refractivity contribution in [2.45, 2.75) is 58.2 Å². The van der Waals surface area contributed by atoms with Gasteiger partial charge in [-0.1, -0.05) is 85.5 Å². The van der Waals surface area contributed by atoms with Gasteiger partial charge in [-0.3, -0.25) is 0 Å². The van der Waals surface area contributed by atoms with Crippen molar-refractivity contribution < 1.29 is 14.8 Å². The van der Waals surface area contributed by atoms with Gasteiger partial charge in [0.1, 0.15) is 0 Å². The van der Waals surface area contributed by atoms with Crippen molar-refractivity contribution in [1.82, 2.24) is 10.2 Å². The minimum atomic E-state index is -1.54. The van der Waals surface area contributed by atoms with E-state index >= 15 is 0 Å². The molecule has 0 radical (unpaired) electrons. The zero-order valence-electron chi connectivity index (χ0n) is 18.0. The van der Waals surface area contributed by atoms with E-state index in [0.29, 0.717) is 12.1 Å². The molecule has 29 heavy (non-hydrogen) atoms. The van der Waals surface area contributed by atoms with Crippen LogP contribution in [0.2, 0.25) is 19.6 Å². The fourth-order valence-electron chi connectivity index (χ4n) is 3.96. The first-order chi connectivity index (χ1) is 13.9. The number of hydrogen-bond acceptors (Lipinski definition) is 3. The van der Waals surface area contributed by atoms with Crippen LogP contribution in [-0.2, 0) is 40.5 Å². The van der Waals surface area contributed by atoms with Gasteiger partial charge in [0.15, 0.2) is 0 Å². The molecule has 2 nitrogen and oxygen atoms in total. The van der Waals surface area contributed by atoms with Crippen LogP contribution < -0.4 is 5.32 Å². The Labute approximate surface area is 204 Å². The van der Waals surface area contributed by atoms with Crippen LogP contribution in [0.5, 0.6) is 0 Å². The summed E-state index contributed by atoms with van der Waals surface area (Å²) in [5, 5.41) is 6.41. The molecule has 1 aliphatic heterocycles. The van der Waals surface area contributed by atoms with Crippen molar-refractivity contribution >= 4 is 40.5 Å². The number of nitrogens with one attached hydrogen (secondary N) is 1. The topological polar surface area (TPSA) is 15.3 Å². The summed E-state index contributed by atoms with van der Waals surface area (Å²) in [6.45, 7) is 11.4. The van der Waals surface area contributed by atoms with Crippen molar-refractivity contribution in [1.29, 1.82) is 0 Å². The SMILES string of the molecule is CC1CC(NCc2ccccc2)C([Si](C)(C)C)=C([S-])N1Cc1ccccc1.[Zn+][I]. The molecular weight excluding hydrogens is 557 g/mol. The van der Waals surface area contributed by atoms with Crippen LogP contribution in [0.25, 0.3) is 0 Å². The molecule has 2 aromatic rings. The molecule has 0 spiro atoms. The molecule has 0 aromatic heterocycles. The molecule has 1 heterocycles. The summed E-state index contributed by atoms with van der Waals surface area (Å²) < 4.78 is 0. The van der Waals surface area contributed by atoms with Crippen molar-refractivity contribution in [3.05, 3.63) is 82.0 Å². The second-order valence-corrected chi connectivity index (χ2v) is 14.0. The predicted molar refractivity (Wildman–Crippen MR) is 135 cm³/mol. The molecule has 6 heteroatoms. The minimum absolute atomic E-state index is 0.381. The Hall–Kier alpha value is -0.270. The van der Waals surface area contributed by atoms with E-state index in [-0.39, 0.29) is 0 Å². The standard InChI is InChI=1S/C23H32N2SSi.HI.Zn/c1-18-15-21(24-16-19-11-7-5-8-12-19)22(27(2,3)4)23(26)25(18)17-20-13-9-6-10-14-20;;/h5-14,18,21,24,26H,15-17H2,1-4H3;1H;/q;;+2/p-2. The Morgan fingerprint density at radius 1 is 1.00 bits per heavy atom. The molecule has 1 aliphatic rings. The fourth-order valence-corrected chi connectivity index (χ4v) is 7.32. The summed E-state index contributed by atoms with van der Waals surface area (Å²) in [7, 11) is -1.54. The van der Waals surface area contributed by atoms with Gasteiger partial charge in [-0.05, 0) is 24.5 Å². The van der Waals surface area contributed by atoms with Crippen molar-refractivity contribution in [2.75, 3.05) is 0 Å². The van der Waals surface area contributed by atoms with Crippen LogP contribution in [0.4, 0.5) is 0 Å². The van der Waals surface area contributed by atoms with Gasteiger partial charge in [0.05, 0.1) is 8.07 Å². The Morgan fingerprint density at radius 3 is 2.03 bits per heavy atom. The molecule has 0 aliphatic carbocycles. The van der Waals surface area contributed by atoms with Crippen LogP contribution in [0.3, 0.4) is 0 Å². The number of hydrogen-bond donors (Lipinski definition) is 1. The maximum absolute atomic E-state index is 6.06. The second kappa shape index (κ2) is 11.9. The summed E-state index contributed by atoms with van der Waals surface area (Å²) in [5.74, 6) is 0. The number of halogens is 1. The quantitative estimate of drug-likeness (QED) is 0.255. The van der Waals surface area contributed by atoms with Crippen molar-refractivity contribution in [2.24, 2.45) is 0 Å². The van der Waals surface area contributed by atoms with E-state index in [9.17, 15) is 0 Å². The van der Waals surface area contributed by atoms with E-state index in [2.05, 4.69) is 117 Å². The van der Waals surface area contributed by atoms with E-state index in [0.717, 1.165) is 24.5 Å². The monoisotopic (exact) mass is 586 g/mol. The predicted octanol–water partition coefficient (Wildman–Crippen LogP) is 5.96. The number of benzene rings is 2. The molecule has 3 rings (SSSR count). The van der Waals surface area contributed by atoms with Crippen LogP contribution >= 0.6 is 19.8 Å². The third-order valence-electron chi connectivity index (χ3n) is 5.35. The third-order valence-corrected chi connectivity index (χ3v) is 8.18. The van der Waals surface area contributed by atoms with Gasteiger partial charge < -0.3 is 22.8 Å². The summed E-state index contributed by atoms with van der Waals surface area (Å²) >= 11 is 9.68. The van der Waals surface area contributed by atoms with Gasteiger partial charge in [-0.15, -0.1) is 5.03 Å². The van der Waals surface area contributed by atoms with Crippen LogP contribution in [0.15, 0.2) is 70.9 Å². The van der Waals surface area contributed by atoms with E-state index in [1.54, 1.807) is 0 Å². The zero-order chi connectivity index (χ0) is 21.4. The van der Waals surface area contributed by atoms with Gasteiger partial charge in [0.25, 0.3) is 0 Å². The molecule has 0 fully saturated rings. The molecule has 152 valence electrons. The normalized spacial score (nSPS) is 19.6. The summed E-state index contributed by atoms with van der Waals surface area (Å²) in [6.07, 6.45) is 1.11. The molecule has 0 bridgehead atoms. The van der Waals surface area contributed by atoms with Crippen molar-refractivity contribution in [3.63, 3.8) is 0 Å². The average Bonchev–Trinajstić information content (AvgIpc) is 2.71. The summed E-state index contributed by atoms with van der Waals surface area (Å²) in [6, 6.07) is 22.2. The molecule has 2 unspecified atom stereocenters. The van der Waals surface area contributed by atoms with E-state index in [1.165, 1.54) is 31.1 Å². The Morgan fingerprint density at radius 2 is 1.52 bits per heavy atom. The van der Waals surface area contributed by atoms with Gasteiger partial charge >= 0.3 is 34.5 Å². The van der Waals surface area contributed by atoms with E-state index in [1.807, 2.05) is 0 Å². The molecule has 0 saturated heterocycles. The third kappa shape index (κ3) is 7.13. The fraction of sp³-hybridized carbons (Fsp3) is 0.391. The Bertz CT molecular complexity index is 780. The molecule has 1 N–H and O–H groups in total. The van der Waals surface area contributed by atoms with Crippen LogP contribution in [-0.4, -0.2) is 25.1 Å². The molecule has 0 amide bonds. The average molecular weight is 588 g/mol. The van der Waals surface area contributed by atoms with Crippen LogP contribution in [0.1, 0.15) is 24.5 Å². The van der Waals surface area contributed by atoms with E-state index < -0.39 is 8.07 Å². The Balaban J connectivity index is 0.00000145. The molecule has 0 saturated carbocycles. The Kier molecular flexibility index (Phi) is 10.3. The van der Waals surface area contributed by atoms with Gasteiger partial charge in [0.2, 0.25) is 0 Å². The van der Waals surface area contributed by atoms with Crippen molar-refractivity contribution in [3.8, 4) is 0 Å². The maximum atomic E-state index is 6.06. The van der Waals surface area contributed by atoms with Crippen LogP contribution in [0, 0.1) is 0 Å². The number of rotatable bonds is 6. The first-order valence-electron chi connectivity index (χ1n) is 10.1. The molecule has 2 atom stereocenters. The second-order valence-electron chi connectivity index (χ2n) is 8.59. The summed E-state index contributed by atoms with van der Waals surface area (Å²) in [4.78, 5) is 2.44. The molecular formula is C23H31IN2SSiZn. The van der Waals surface area contributed by atoms with Gasteiger partial charge in [-0.2, -0.15) is 0 Å². The van der Waals surface area contributed by atoms with Gasteiger partial charge in [0, 0.05) is 25.2 Å². The van der Waals surface area contributed by atoms with E-state index in [4.69, 9.17) is 12.6 Å². The van der Waals surface area contributed by atoms with Gasteiger partial charge in [-0.25, -0.2) is 0 Å². The first-order valence-corrected chi connectivity index (χ1v) is 23.1.